The second-order valence-electron chi connectivity index (χ2n) is 11.3. The van der Waals surface area contributed by atoms with Crippen molar-refractivity contribution in [2.24, 2.45) is 11.8 Å². The summed E-state index contributed by atoms with van der Waals surface area (Å²) in [6, 6.07) is 9.59. The summed E-state index contributed by atoms with van der Waals surface area (Å²) in [5.74, 6) is -4.16. The first-order valence-electron chi connectivity index (χ1n) is 14.8. The van der Waals surface area contributed by atoms with Crippen LogP contribution in [0.2, 0.25) is 0 Å². The normalized spacial score (nSPS) is 13.4. The Kier molecular flexibility index (Phi) is 14.2. The predicted molar refractivity (Wildman–Crippen MR) is 169 cm³/mol. The van der Waals surface area contributed by atoms with Crippen LogP contribution in [0.3, 0.4) is 0 Å². The van der Waals surface area contributed by atoms with Gasteiger partial charge in [-0.15, -0.1) is 0 Å². The van der Waals surface area contributed by atoms with Crippen LogP contribution in [0, 0.1) is 18.8 Å². The van der Waals surface area contributed by atoms with Crippen LogP contribution in [0.15, 0.2) is 54.2 Å². The SMILES string of the molecule is CCOC(=O)/C(=C\c1ccccc1)NC(=O)[C@H](CC(C)C)NC(=O)[C@H](CO)NC(=O)[C@@H](NC(=O)c1cccc(O)c1C)C(C)C. The van der Waals surface area contributed by atoms with Gasteiger partial charge in [0.05, 0.1) is 13.2 Å². The average molecular weight is 625 g/mol. The fraction of sp³-hybridized carbons (Fsp3) is 0.424. The highest BCUT2D eigenvalue weighted by Gasteiger charge is 2.32. The Balaban J connectivity index is 2.21. The number of esters is 1. The summed E-state index contributed by atoms with van der Waals surface area (Å²) < 4.78 is 5.10. The molecule has 45 heavy (non-hydrogen) atoms. The summed E-state index contributed by atoms with van der Waals surface area (Å²) in [5, 5.41) is 30.2. The number of phenolic OH excluding ortho intramolecular Hbond substituents is 1. The fourth-order valence-corrected chi connectivity index (χ4v) is 4.34. The number of amides is 4. The van der Waals surface area contributed by atoms with E-state index < -0.39 is 60.2 Å². The Morgan fingerprint density at radius 3 is 2.07 bits per heavy atom. The van der Waals surface area contributed by atoms with Crippen molar-refractivity contribution >= 4 is 35.7 Å². The summed E-state index contributed by atoms with van der Waals surface area (Å²) >= 11 is 0. The molecule has 244 valence electrons. The van der Waals surface area contributed by atoms with E-state index in [2.05, 4.69) is 21.3 Å². The summed E-state index contributed by atoms with van der Waals surface area (Å²) in [4.78, 5) is 65.4. The van der Waals surface area contributed by atoms with E-state index in [9.17, 15) is 34.2 Å². The number of aromatic hydroxyl groups is 1. The number of carbonyl (C=O) groups is 5. The van der Waals surface area contributed by atoms with Crippen LogP contribution < -0.4 is 21.3 Å². The molecular formula is C33H44N4O8. The molecule has 0 fully saturated rings. The molecule has 2 aromatic carbocycles. The van der Waals surface area contributed by atoms with Gasteiger partial charge in [0.2, 0.25) is 17.7 Å². The van der Waals surface area contributed by atoms with Gasteiger partial charge in [0.1, 0.15) is 29.6 Å². The third kappa shape index (κ3) is 11.1. The average Bonchev–Trinajstić information content (AvgIpc) is 2.99. The van der Waals surface area contributed by atoms with Crippen LogP contribution in [-0.2, 0) is 23.9 Å². The van der Waals surface area contributed by atoms with Crippen molar-refractivity contribution in [3.05, 3.63) is 70.9 Å². The van der Waals surface area contributed by atoms with E-state index in [0.717, 1.165) is 0 Å². The fourth-order valence-electron chi connectivity index (χ4n) is 4.34. The number of carbonyl (C=O) groups excluding carboxylic acids is 5. The zero-order valence-electron chi connectivity index (χ0n) is 26.5. The molecule has 0 radical (unpaired) electrons. The minimum absolute atomic E-state index is 0.0613. The quantitative estimate of drug-likeness (QED) is 0.129. The highest BCUT2D eigenvalue weighted by atomic mass is 16.5. The summed E-state index contributed by atoms with van der Waals surface area (Å²) in [6.45, 7) is 9.56. The Hall–Kier alpha value is -4.71. The lowest BCUT2D eigenvalue weighted by Crippen LogP contribution is -2.59. The summed E-state index contributed by atoms with van der Waals surface area (Å²) in [5.41, 5.74) is 1.03. The zero-order chi connectivity index (χ0) is 33.7. The molecular weight excluding hydrogens is 580 g/mol. The second-order valence-corrected chi connectivity index (χ2v) is 11.3. The van der Waals surface area contributed by atoms with Gasteiger partial charge in [-0.1, -0.05) is 64.1 Å². The van der Waals surface area contributed by atoms with Crippen molar-refractivity contribution in [3.8, 4) is 5.75 Å². The molecule has 0 saturated heterocycles. The molecule has 0 aliphatic carbocycles. The smallest absolute Gasteiger partial charge is 0.354 e. The molecule has 2 aromatic rings. The van der Waals surface area contributed by atoms with E-state index >= 15 is 0 Å². The third-order valence-electron chi connectivity index (χ3n) is 6.80. The van der Waals surface area contributed by atoms with Crippen molar-refractivity contribution in [2.75, 3.05) is 13.2 Å². The molecule has 0 heterocycles. The predicted octanol–water partition coefficient (Wildman–Crippen LogP) is 2.18. The molecule has 6 N–H and O–H groups in total. The van der Waals surface area contributed by atoms with Crippen LogP contribution >= 0.6 is 0 Å². The first-order chi connectivity index (χ1) is 21.3. The van der Waals surface area contributed by atoms with Crippen LogP contribution in [-0.4, -0.2) is 71.2 Å². The Labute approximate surface area is 263 Å². The van der Waals surface area contributed by atoms with Crippen LogP contribution in [0.4, 0.5) is 0 Å². The molecule has 3 atom stereocenters. The number of aliphatic hydroxyl groups excluding tert-OH is 1. The molecule has 0 aliphatic rings. The van der Waals surface area contributed by atoms with Gasteiger partial charge in [-0.25, -0.2) is 4.79 Å². The number of hydrogen-bond donors (Lipinski definition) is 6. The number of ether oxygens (including phenoxy) is 1. The van der Waals surface area contributed by atoms with Gasteiger partial charge in [0, 0.05) is 11.1 Å². The Bertz CT molecular complexity index is 1370. The Morgan fingerprint density at radius 1 is 0.844 bits per heavy atom. The van der Waals surface area contributed by atoms with Crippen molar-refractivity contribution in [1.29, 1.82) is 0 Å². The number of hydrogen-bond acceptors (Lipinski definition) is 8. The van der Waals surface area contributed by atoms with Crippen LogP contribution in [0.5, 0.6) is 5.75 Å². The maximum atomic E-state index is 13.4. The van der Waals surface area contributed by atoms with Crippen molar-refractivity contribution in [1.82, 2.24) is 21.3 Å². The lowest BCUT2D eigenvalue weighted by atomic mass is 10.0. The third-order valence-corrected chi connectivity index (χ3v) is 6.80. The van der Waals surface area contributed by atoms with Gasteiger partial charge < -0.3 is 36.2 Å². The van der Waals surface area contributed by atoms with E-state index in [1.807, 2.05) is 13.8 Å². The van der Waals surface area contributed by atoms with Gasteiger partial charge >= 0.3 is 5.97 Å². The molecule has 0 spiro atoms. The second kappa shape index (κ2) is 17.6. The number of phenols is 1. The highest BCUT2D eigenvalue weighted by Crippen LogP contribution is 2.20. The maximum absolute atomic E-state index is 13.4. The summed E-state index contributed by atoms with van der Waals surface area (Å²) in [6.07, 6.45) is 1.64. The number of benzene rings is 2. The topological polar surface area (TPSA) is 183 Å². The molecule has 0 aromatic heterocycles. The molecule has 4 amide bonds. The number of nitrogens with one attached hydrogen (secondary N) is 4. The van der Waals surface area contributed by atoms with E-state index in [1.165, 1.54) is 24.3 Å². The minimum Gasteiger partial charge on any atom is -0.508 e. The van der Waals surface area contributed by atoms with E-state index in [4.69, 9.17) is 4.74 Å². The Morgan fingerprint density at radius 2 is 1.49 bits per heavy atom. The van der Waals surface area contributed by atoms with E-state index in [0.29, 0.717) is 11.1 Å². The van der Waals surface area contributed by atoms with Crippen LogP contribution in [0.25, 0.3) is 6.08 Å². The highest BCUT2D eigenvalue weighted by molar-refractivity contribution is 6.01. The van der Waals surface area contributed by atoms with Gasteiger partial charge in [0.15, 0.2) is 0 Å². The molecule has 0 saturated carbocycles. The zero-order valence-corrected chi connectivity index (χ0v) is 26.5. The van der Waals surface area contributed by atoms with Gasteiger partial charge in [-0.3, -0.25) is 19.2 Å². The monoisotopic (exact) mass is 624 g/mol. The van der Waals surface area contributed by atoms with E-state index in [1.54, 1.807) is 58.0 Å². The summed E-state index contributed by atoms with van der Waals surface area (Å²) in [7, 11) is 0. The standard InChI is InChI=1S/C33H44N4O8/c1-7-45-33(44)25(17-22-12-9-8-10-13-22)35-30(41)24(16-19(2)3)34-31(42)26(18-38)36-32(43)28(20(4)5)37-29(40)23-14-11-15-27(39)21(23)6/h8-15,17,19-20,24,26,28,38-39H,7,16,18H2,1-6H3,(H,34,42)(H,35,41)(H,36,43)(H,37,40)/b25-17+/t24-,26-,28-/m0/s1. The first-order valence-corrected chi connectivity index (χ1v) is 14.8. The molecule has 0 aliphatic heterocycles. The molecule has 0 unspecified atom stereocenters. The largest absolute Gasteiger partial charge is 0.508 e. The molecule has 2 rings (SSSR count). The van der Waals surface area contributed by atoms with Gasteiger partial charge in [0.25, 0.3) is 5.91 Å². The van der Waals surface area contributed by atoms with E-state index in [-0.39, 0.29) is 36.0 Å². The van der Waals surface area contributed by atoms with Crippen LogP contribution in [0.1, 0.15) is 62.5 Å². The minimum atomic E-state index is -1.45. The van der Waals surface area contributed by atoms with Crippen molar-refractivity contribution in [2.45, 2.75) is 66.1 Å². The number of aliphatic hydroxyl groups is 1. The molecule has 12 nitrogen and oxygen atoms in total. The molecule has 12 heteroatoms. The maximum Gasteiger partial charge on any atom is 0.354 e. The first kappa shape index (κ1) is 36.5. The van der Waals surface area contributed by atoms with Crippen molar-refractivity contribution in [3.63, 3.8) is 0 Å². The van der Waals surface area contributed by atoms with Gasteiger partial charge in [-0.2, -0.15) is 0 Å². The lowest BCUT2D eigenvalue weighted by Gasteiger charge is -2.26. The van der Waals surface area contributed by atoms with Crippen molar-refractivity contribution < 1.29 is 38.9 Å². The van der Waals surface area contributed by atoms with Gasteiger partial charge in [-0.05, 0) is 55.9 Å². The molecule has 0 bridgehead atoms. The number of rotatable bonds is 15. The lowest BCUT2D eigenvalue weighted by molar-refractivity contribution is -0.140.